The van der Waals surface area contributed by atoms with Gasteiger partial charge in [0.2, 0.25) is 0 Å². The Balaban J connectivity index is 0.00000320. The van der Waals surface area contributed by atoms with Crippen LogP contribution in [0, 0.1) is 0 Å². The summed E-state index contributed by atoms with van der Waals surface area (Å²) >= 11 is 6.34. The monoisotopic (exact) mass is 448 g/mol. The van der Waals surface area contributed by atoms with Crippen LogP contribution in [0.4, 0.5) is 0 Å². The average molecular weight is 449 g/mol. The lowest BCUT2D eigenvalue weighted by molar-refractivity contribution is -0.139. The Hall–Kier alpha value is -2.34. The summed E-state index contributed by atoms with van der Waals surface area (Å²) in [6.07, 6.45) is 4.50. The molecule has 0 amide bonds. The van der Waals surface area contributed by atoms with Crippen LogP contribution in [0.5, 0.6) is 0 Å². The lowest BCUT2D eigenvalue weighted by Crippen LogP contribution is -2.35. The third kappa shape index (κ3) is 6.59. The molecular formula is C23H26Cl2N2O3. The molecule has 2 aromatic rings. The van der Waals surface area contributed by atoms with E-state index in [1.807, 2.05) is 61.5 Å². The van der Waals surface area contributed by atoms with Gasteiger partial charge in [-0.1, -0.05) is 65.3 Å². The van der Waals surface area contributed by atoms with Crippen molar-refractivity contribution in [3.8, 4) is 11.1 Å². The molecule has 1 aliphatic heterocycles. The van der Waals surface area contributed by atoms with Gasteiger partial charge in [0.15, 0.2) is 0 Å². The summed E-state index contributed by atoms with van der Waals surface area (Å²) in [6.45, 7) is 4.83. The number of nitrogens with zero attached hydrogens (tertiary/aromatic N) is 2. The van der Waals surface area contributed by atoms with Crippen LogP contribution < -0.4 is 0 Å². The van der Waals surface area contributed by atoms with E-state index in [0.29, 0.717) is 31.3 Å². The first-order valence-electron chi connectivity index (χ1n) is 9.76. The van der Waals surface area contributed by atoms with Crippen LogP contribution in [-0.2, 0) is 14.4 Å². The molecule has 0 N–H and O–H groups in total. The largest absolute Gasteiger partial charge is 0.463 e. The summed E-state index contributed by atoms with van der Waals surface area (Å²) in [5, 5.41) is 4.82. The van der Waals surface area contributed by atoms with Gasteiger partial charge in [0, 0.05) is 41.4 Å². The summed E-state index contributed by atoms with van der Waals surface area (Å²) in [6, 6.07) is 15.7. The Morgan fingerprint density at radius 2 is 1.90 bits per heavy atom. The highest BCUT2D eigenvalue weighted by atomic mass is 35.5. The zero-order valence-corrected chi connectivity index (χ0v) is 18.5. The molecular weight excluding hydrogens is 423 g/mol. The Bertz CT molecular complexity index is 900. The summed E-state index contributed by atoms with van der Waals surface area (Å²) in [5.41, 5.74) is 3.62. The molecule has 1 heterocycles. The van der Waals surface area contributed by atoms with Gasteiger partial charge in [-0.15, -0.1) is 12.4 Å². The molecule has 2 aromatic carbocycles. The van der Waals surface area contributed by atoms with Crippen LogP contribution in [-0.4, -0.2) is 49.9 Å². The first kappa shape index (κ1) is 23.9. The molecule has 0 saturated heterocycles. The topological polar surface area (TPSA) is 51.1 Å². The van der Waals surface area contributed by atoms with E-state index in [1.165, 1.54) is 0 Å². The molecule has 0 fully saturated rings. The van der Waals surface area contributed by atoms with E-state index < -0.39 is 0 Å². The Morgan fingerprint density at radius 3 is 2.67 bits per heavy atom. The summed E-state index contributed by atoms with van der Waals surface area (Å²) in [5.74, 6) is -0.229. The highest BCUT2D eigenvalue weighted by Gasteiger charge is 2.18. The van der Waals surface area contributed by atoms with E-state index in [9.17, 15) is 4.79 Å². The van der Waals surface area contributed by atoms with Crippen molar-refractivity contribution in [3.63, 3.8) is 0 Å². The maximum atomic E-state index is 11.9. The molecule has 3 rings (SSSR count). The SMILES string of the molecule is CCOC(=O)C1=CCCN(CCON=Cc2ccccc2-c2ccccc2Cl)C1.Cl. The van der Waals surface area contributed by atoms with Crippen molar-refractivity contribution in [2.24, 2.45) is 5.16 Å². The van der Waals surface area contributed by atoms with Crippen LogP contribution in [0.2, 0.25) is 5.02 Å². The lowest BCUT2D eigenvalue weighted by atomic mass is 10.0. The molecule has 0 unspecified atom stereocenters. The molecule has 160 valence electrons. The second-order valence-electron chi connectivity index (χ2n) is 6.65. The van der Waals surface area contributed by atoms with Gasteiger partial charge in [-0.2, -0.15) is 0 Å². The molecule has 7 heteroatoms. The predicted molar refractivity (Wildman–Crippen MR) is 123 cm³/mol. The first-order valence-corrected chi connectivity index (χ1v) is 10.1. The van der Waals surface area contributed by atoms with Gasteiger partial charge >= 0.3 is 5.97 Å². The van der Waals surface area contributed by atoms with Crippen molar-refractivity contribution in [1.82, 2.24) is 4.90 Å². The smallest absolute Gasteiger partial charge is 0.334 e. The van der Waals surface area contributed by atoms with Crippen LogP contribution >= 0.6 is 24.0 Å². The highest BCUT2D eigenvalue weighted by molar-refractivity contribution is 6.33. The fourth-order valence-corrected chi connectivity index (χ4v) is 3.46. The maximum absolute atomic E-state index is 11.9. The van der Waals surface area contributed by atoms with Gasteiger partial charge in [-0.05, 0) is 25.0 Å². The maximum Gasteiger partial charge on any atom is 0.334 e. The van der Waals surface area contributed by atoms with E-state index in [-0.39, 0.29) is 18.4 Å². The second-order valence-corrected chi connectivity index (χ2v) is 7.06. The van der Waals surface area contributed by atoms with Crippen LogP contribution in [0.3, 0.4) is 0 Å². The first-order chi connectivity index (χ1) is 14.2. The van der Waals surface area contributed by atoms with Gasteiger partial charge in [-0.25, -0.2) is 4.79 Å². The normalized spacial score (nSPS) is 14.1. The molecule has 1 aliphatic rings. The van der Waals surface area contributed by atoms with E-state index >= 15 is 0 Å². The summed E-state index contributed by atoms with van der Waals surface area (Å²) in [4.78, 5) is 19.5. The molecule has 0 radical (unpaired) electrons. The number of carbonyl (C=O) groups excluding carboxylic acids is 1. The van der Waals surface area contributed by atoms with Crippen LogP contribution in [0.15, 0.2) is 65.3 Å². The Labute approximate surface area is 188 Å². The molecule has 0 aromatic heterocycles. The predicted octanol–water partition coefficient (Wildman–Crippen LogP) is 4.97. The van der Waals surface area contributed by atoms with Crippen molar-refractivity contribution >= 4 is 36.2 Å². The van der Waals surface area contributed by atoms with E-state index in [0.717, 1.165) is 35.2 Å². The van der Waals surface area contributed by atoms with Crippen molar-refractivity contribution in [1.29, 1.82) is 0 Å². The number of ether oxygens (including phenoxy) is 1. The number of oxime groups is 1. The minimum absolute atomic E-state index is 0. The zero-order chi connectivity index (χ0) is 20.5. The number of hydrogen-bond donors (Lipinski definition) is 0. The Morgan fingerprint density at radius 1 is 1.17 bits per heavy atom. The molecule has 0 atom stereocenters. The summed E-state index contributed by atoms with van der Waals surface area (Å²) in [7, 11) is 0. The third-order valence-electron chi connectivity index (χ3n) is 4.66. The van der Waals surface area contributed by atoms with Crippen molar-refractivity contribution < 1.29 is 14.4 Å². The van der Waals surface area contributed by atoms with Crippen molar-refractivity contribution in [3.05, 3.63) is 70.8 Å². The molecule has 30 heavy (non-hydrogen) atoms. The standard InChI is InChI=1S/C23H25ClN2O3.ClH/c1-2-28-23(27)19-9-7-13-26(17-19)14-15-29-25-16-18-8-3-4-10-20(18)21-11-5-6-12-22(21)24;/h3-6,8-12,16H,2,7,13-15,17H2,1H3;1H. The van der Waals surface area contributed by atoms with Gasteiger partial charge in [0.25, 0.3) is 0 Å². The van der Waals surface area contributed by atoms with Gasteiger partial charge in [-0.3, -0.25) is 4.90 Å². The minimum Gasteiger partial charge on any atom is -0.463 e. The van der Waals surface area contributed by atoms with Crippen molar-refractivity contribution in [2.45, 2.75) is 13.3 Å². The fourth-order valence-electron chi connectivity index (χ4n) is 3.22. The van der Waals surface area contributed by atoms with Crippen molar-refractivity contribution in [2.75, 3.05) is 32.8 Å². The second kappa shape index (κ2) is 12.4. The molecule has 0 saturated carbocycles. The van der Waals surface area contributed by atoms with E-state index in [1.54, 1.807) is 6.21 Å². The van der Waals surface area contributed by atoms with Crippen LogP contribution in [0.1, 0.15) is 18.9 Å². The molecule has 0 spiro atoms. The average Bonchev–Trinajstić information content (AvgIpc) is 2.75. The number of carbonyl (C=O) groups is 1. The molecule has 5 nitrogen and oxygen atoms in total. The fraction of sp³-hybridized carbons (Fsp3) is 0.304. The van der Waals surface area contributed by atoms with E-state index in [4.69, 9.17) is 21.2 Å². The van der Waals surface area contributed by atoms with Gasteiger partial charge in [0.1, 0.15) is 6.61 Å². The van der Waals surface area contributed by atoms with Gasteiger partial charge in [0.05, 0.1) is 12.8 Å². The minimum atomic E-state index is -0.229. The quantitative estimate of drug-likeness (QED) is 0.247. The summed E-state index contributed by atoms with van der Waals surface area (Å²) < 4.78 is 5.08. The number of hydrogen-bond acceptors (Lipinski definition) is 5. The highest BCUT2D eigenvalue weighted by Crippen LogP contribution is 2.29. The van der Waals surface area contributed by atoms with Gasteiger partial charge < -0.3 is 9.57 Å². The number of rotatable bonds is 8. The number of halogens is 2. The molecule has 0 aliphatic carbocycles. The number of esters is 1. The zero-order valence-electron chi connectivity index (χ0n) is 16.9. The molecule has 0 bridgehead atoms. The Kier molecular flexibility index (Phi) is 9.87. The third-order valence-corrected chi connectivity index (χ3v) is 4.99. The van der Waals surface area contributed by atoms with E-state index in [2.05, 4.69) is 10.1 Å². The van der Waals surface area contributed by atoms with Crippen LogP contribution in [0.25, 0.3) is 11.1 Å². The lowest BCUT2D eigenvalue weighted by Gasteiger charge is -2.25. The number of benzene rings is 2.